The fourth-order valence-electron chi connectivity index (χ4n) is 7.63. The van der Waals surface area contributed by atoms with Crippen LogP contribution >= 0.6 is 0 Å². The van der Waals surface area contributed by atoms with Crippen LogP contribution in [0, 0.1) is 0 Å². The van der Waals surface area contributed by atoms with Crippen LogP contribution in [0.5, 0.6) is 0 Å². The van der Waals surface area contributed by atoms with Gasteiger partial charge in [-0.2, -0.15) is 10.1 Å². The first-order valence-electron chi connectivity index (χ1n) is 25.4. The minimum atomic E-state index is -0.0246. The van der Waals surface area contributed by atoms with E-state index in [-0.39, 0.29) is 5.97 Å². The first-order chi connectivity index (χ1) is 28.1. The molecule has 0 radical (unpaired) electrons. The van der Waals surface area contributed by atoms with E-state index in [0.717, 1.165) is 84.0 Å². The molecule has 0 unspecified atom stereocenters. The average molecular weight is 805 g/mol. The van der Waals surface area contributed by atoms with Gasteiger partial charge in [-0.25, -0.2) is 0 Å². The predicted molar refractivity (Wildman–Crippen MR) is 247 cm³/mol. The summed E-state index contributed by atoms with van der Waals surface area (Å²) in [5.41, 5.74) is 0. The zero-order chi connectivity index (χ0) is 41.4. The molecule has 0 heterocycles. The molecule has 0 atom stereocenters. The zero-order valence-electron chi connectivity index (χ0n) is 38.5. The number of unbranched alkanes of at least 4 members (excludes halogenated alkanes) is 32. The number of ether oxygens (including phenoxy) is 1. The van der Waals surface area contributed by atoms with E-state index in [2.05, 4.69) is 38.2 Å². The Bertz CT molecular complexity index is 834. The molecule has 0 aromatic heterocycles. The lowest BCUT2D eigenvalue weighted by atomic mass is 10.1. The van der Waals surface area contributed by atoms with E-state index in [0.29, 0.717) is 13.0 Å². The van der Waals surface area contributed by atoms with Gasteiger partial charge in [-0.1, -0.05) is 212 Å². The molecule has 0 amide bonds. The van der Waals surface area contributed by atoms with Crippen LogP contribution in [-0.4, -0.2) is 59.3 Å². The van der Waals surface area contributed by atoms with Crippen LogP contribution in [0.1, 0.15) is 264 Å². The van der Waals surface area contributed by atoms with Crippen molar-refractivity contribution in [2.24, 2.45) is 0 Å². The smallest absolute Gasteiger partial charge is 0.305 e. The van der Waals surface area contributed by atoms with Crippen molar-refractivity contribution in [1.82, 2.24) is 10.1 Å². The molecule has 0 aliphatic carbocycles. The molecular weight excluding hydrogens is 705 g/mol. The quantitative estimate of drug-likeness (QED) is 0.0276. The summed E-state index contributed by atoms with van der Waals surface area (Å²) in [5, 5.41) is 23.4. The molecule has 0 aromatic rings. The molecule has 0 aliphatic rings. The van der Waals surface area contributed by atoms with Crippen LogP contribution in [0.15, 0.2) is 24.3 Å². The van der Waals surface area contributed by atoms with Gasteiger partial charge in [0.25, 0.3) is 0 Å². The van der Waals surface area contributed by atoms with Crippen molar-refractivity contribution < 1.29 is 19.9 Å². The summed E-state index contributed by atoms with van der Waals surface area (Å²) in [6.45, 7) is 8.35. The number of hydrogen-bond acceptors (Lipinski definition) is 6. The number of rotatable bonds is 48. The molecule has 57 heavy (non-hydrogen) atoms. The third kappa shape index (κ3) is 49.1. The van der Waals surface area contributed by atoms with Gasteiger partial charge in [-0.15, -0.1) is 0 Å². The summed E-state index contributed by atoms with van der Waals surface area (Å²) in [6, 6.07) is 0. The van der Waals surface area contributed by atoms with E-state index >= 15 is 0 Å². The maximum atomic E-state index is 12.1. The van der Waals surface area contributed by atoms with Crippen LogP contribution in [0.3, 0.4) is 0 Å². The lowest BCUT2D eigenvalue weighted by Crippen LogP contribution is -2.21. The van der Waals surface area contributed by atoms with Crippen LogP contribution in [-0.2, 0) is 9.53 Å². The van der Waals surface area contributed by atoms with E-state index in [4.69, 9.17) is 4.74 Å². The van der Waals surface area contributed by atoms with Gasteiger partial charge in [0.1, 0.15) is 0 Å². The maximum absolute atomic E-state index is 12.1. The molecule has 338 valence electrons. The number of allylic oxidation sites excluding steroid dienone is 4. The molecule has 6 nitrogen and oxygen atoms in total. The second kappa shape index (κ2) is 49.2. The molecule has 0 spiro atoms. The van der Waals surface area contributed by atoms with Crippen molar-refractivity contribution in [3.8, 4) is 0 Å². The van der Waals surface area contributed by atoms with E-state index in [9.17, 15) is 15.2 Å². The largest absolute Gasteiger partial charge is 0.466 e. The highest BCUT2D eigenvalue weighted by atomic mass is 16.5. The van der Waals surface area contributed by atoms with Crippen LogP contribution in [0.25, 0.3) is 0 Å². The topological polar surface area (TPSA) is 73.2 Å². The summed E-state index contributed by atoms with van der Waals surface area (Å²) >= 11 is 0. The highest BCUT2D eigenvalue weighted by Gasteiger charge is 2.05. The van der Waals surface area contributed by atoms with E-state index < -0.39 is 0 Å². The number of nitrogens with zero attached hydrogens (tertiary/aromatic N) is 2. The normalized spacial score (nSPS) is 12.0. The van der Waals surface area contributed by atoms with E-state index in [1.54, 1.807) is 5.06 Å². The Hall–Kier alpha value is -1.21. The van der Waals surface area contributed by atoms with Gasteiger partial charge in [0.15, 0.2) is 0 Å². The van der Waals surface area contributed by atoms with Crippen LogP contribution < -0.4 is 0 Å². The van der Waals surface area contributed by atoms with Gasteiger partial charge in [0.2, 0.25) is 0 Å². The summed E-state index contributed by atoms with van der Waals surface area (Å²) in [6.07, 6.45) is 56.9. The molecule has 0 bridgehead atoms. The maximum Gasteiger partial charge on any atom is 0.305 e. The second-order valence-electron chi connectivity index (χ2n) is 17.3. The minimum absolute atomic E-state index is 0.0246. The van der Waals surface area contributed by atoms with E-state index in [1.165, 1.54) is 191 Å². The fourth-order valence-corrected chi connectivity index (χ4v) is 7.63. The average Bonchev–Trinajstić information content (AvgIpc) is 3.21. The third-order valence-corrected chi connectivity index (χ3v) is 11.5. The fraction of sp³-hybridized carbons (Fsp3) is 0.902. The summed E-state index contributed by atoms with van der Waals surface area (Å²) in [7, 11) is 0. The number of esters is 1. The summed E-state index contributed by atoms with van der Waals surface area (Å²) < 4.78 is 5.47. The van der Waals surface area contributed by atoms with Crippen molar-refractivity contribution in [3.63, 3.8) is 0 Å². The number of carbonyl (C=O) groups is 1. The van der Waals surface area contributed by atoms with Crippen molar-refractivity contribution in [1.29, 1.82) is 0 Å². The molecule has 0 fully saturated rings. The number of hydrogen-bond donors (Lipinski definition) is 2. The molecule has 6 heteroatoms. The lowest BCUT2D eigenvalue weighted by Gasteiger charge is -2.14. The third-order valence-electron chi connectivity index (χ3n) is 11.5. The van der Waals surface area contributed by atoms with Gasteiger partial charge in [0, 0.05) is 32.6 Å². The Morgan fingerprint density at radius 2 is 0.684 bits per heavy atom. The Balaban J connectivity index is 3.30. The number of carbonyl (C=O) groups excluding carboxylic acids is 1. The number of hydroxylamine groups is 4. The molecule has 0 rings (SSSR count). The van der Waals surface area contributed by atoms with E-state index in [1.807, 2.05) is 0 Å². The van der Waals surface area contributed by atoms with Crippen LogP contribution in [0.4, 0.5) is 0 Å². The molecule has 0 saturated carbocycles. The first kappa shape index (κ1) is 55.8. The van der Waals surface area contributed by atoms with Crippen molar-refractivity contribution >= 4 is 5.97 Å². The predicted octanol–water partition coefficient (Wildman–Crippen LogP) is 16.3. The van der Waals surface area contributed by atoms with Gasteiger partial charge >= 0.3 is 5.97 Å². The second-order valence-corrected chi connectivity index (χ2v) is 17.3. The first-order valence-corrected chi connectivity index (χ1v) is 25.4. The lowest BCUT2D eigenvalue weighted by molar-refractivity contribution is -0.143. The Kier molecular flexibility index (Phi) is 48.1. The summed E-state index contributed by atoms with van der Waals surface area (Å²) in [4.78, 5) is 12.1. The van der Waals surface area contributed by atoms with Crippen LogP contribution in [0.2, 0.25) is 0 Å². The van der Waals surface area contributed by atoms with Gasteiger partial charge < -0.3 is 15.2 Å². The standard InChI is InChI=1S/C51H100N2O4/c1-3-5-7-9-11-13-15-16-17-18-19-20-23-29-35-41-47-52(55)48-42-36-30-24-21-25-32-38-44-50-57-51(54)45-39-33-27-26-31-37-43-49-53(56)46-40-34-28-22-14-12-10-8-6-4-2/h11,13,16-17,55-56H,3-10,12,14-15,18-50H2,1-2H3/b13-11-,17-16-. The monoisotopic (exact) mass is 805 g/mol. The Labute approximate surface area is 356 Å². The Morgan fingerprint density at radius 1 is 0.386 bits per heavy atom. The van der Waals surface area contributed by atoms with Gasteiger partial charge in [-0.05, 0) is 70.6 Å². The molecular formula is C51H100N2O4. The molecule has 0 aliphatic heterocycles. The van der Waals surface area contributed by atoms with Crippen molar-refractivity contribution in [2.45, 2.75) is 264 Å². The van der Waals surface area contributed by atoms with Crippen molar-refractivity contribution in [3.05, 3.63) is 24.3 Å². The zero-order valence-corrected chi connectivity index (χ0v) is 38.5. The molecule has 0 saturated heterocycles. The highest BCUT2D eigenvalue weighted by Crippen LogP contribution is 2.14. The van der Waals surface area contributed by atoms with Gasteiger partial charge in [0.05, 0.1) is 6.61 Å². The molecule has 2 N–H and O–H groups in total. The van der Waals surface area contributed by atoms with Crippen molar-refractivity contribution in [2.75, 3.05) is 32.8 Å². The van der Waals surface area contributed by atoms with Gasteiger partial charge in [-0.3, -0.25) is 4.79 Å². The Morgan fingerprint density at radius 3 is 1.09 bits per heavy atom. The molecule has 0 aromatic carbocycles. The highest BCUT2D eigenvalue weighted by molar-refractivity contribution is 5.69. The minimum Gasteiger partial charge on any atom is -0.466 e. The SMILES string of the molecule is CCCCC/C=C\C/C=C\CCCCCCCCN(O)CCCCCCCCCCCOC(=O)CCCCCCCCCN(O)CCCCCCCCCCCC. The summed E-state index contributed by atoms with van der Waals surface area (Å²) in [5.74, 6) is -0.0246.